The second-order valence-corrected chi connectivity index (χ2v) is 3.90. The van der Waals surface area contributed by atoms with Crippen LogP contribution in [-0.2, 0) is 6.54 Å². The number of hydrogen-bond acceptors (Lipinski definition) is 4. The zero-order valence-corrected chi connectivity index (χ0v) is 10.6. The van der Waals surface area contributed by atoms with Crippen LogP contribution in [0.4, 0.5) is 5.82 Å². The Kier molecular flexibility index (Phi) is 4.10. The van der Waals surface area contributed by atoms with Crippen LogP contribution in [0.15, 0.2) is 42.5 Å². The minimum absolute atomic E-state index is 0.236. The van der Waals surface area contributed by atoms with E-state index in [9.17, 15) is 4.79 Å². The van der Waals surface area contributed by atoms with Crippen LogP contribution in [0.5, 0.6) is 5.75 Å². The molecule has 5 nitrogen and oxygen atoms in total. The van der Waals surface area contributed by atoms with Gasteiger partial charge in [0.15, 0.2) is 0 Å². The quantitative estimate of drug-likeness (QED) is 0.875. The number of nitrogens with one attached hydrogen (secondary N) is 1. The molecule has 0 aliphatic heterocycles. The zero-order valence-electron chi connectivity index (χ0n) is 10.6. The molecule has 0 saturated carbocycles. The predicted molar refractivity (Wildman–Crippen MR) is 73.1 cm³/mol. The SMILES string of the molecule is COc1cccc(C(=O)Nc2cccc(CN)n2)c1. The van der Waals surface area contributed by atoms with E-state index in [4.69, 9.17) is 10.5 Å². The van der Waals surface area contributed by atoms with Crippen LogP contribution in [0, 0.1) is 0 Å². The highest BCUT2D eigenvalue weighted by molar-refractivity contribution is 6.03. The van der Waals surface area contributed by atoms with Crippen molar-refractivity contribution in [3.05, 3.63) is 53.7 Å². The molecule has 2 rings (SSSR count). The molecule has 5 heteroatoms. The number of amides is 1. The molecule has 0 atom stereocenters. The van der Waals surface area contributed by atoms with Crippen LogP contribution in [0.2, 0.25) is 0 Å². The molecule has 2 aromatic rings. The van der Waals surface area contributed by atoms with Crippen LogP contribution in [0.25, 0.3) is 0 Å². The Morgan fingerprint density at radius 3 is 2.84 bits per heavy atom. The Labute approximate surface area is 111 Å². The molecule has 0 unspecified atom stereocenters. The minimum atomic E-state index is -0.236. The summed E-state index contributed by atoms with van der Waals surface area (Å²) in [5.74, 6) is 0.882. The predicted octanol–water partition coefficient (Wildman–Crippen LogP) is 1.80. The Balaban J connectivity index is 2.15. The fraction of sp³-hybridized carbons (Fsp3) is 0.143. The summed E-state index contributed by atoms with van der Waals surface area (Å²) in [6, 6.07) is 12.3. The van der Waals surface area contributed by atoms with Crippen molar-refractivity contribution in [1.29, 1.82) is 0 Å². The van der Waals surface area contributed by atoms with E-state index in [1.165, 1.54) is 0 Å². The summed E-state index contributed by atoms with van der Waals surface area (Å²) >= 11 is 0. The fourth-order valence-electron chi connectivity index (χ4n) is 1.62. The second kappa shape index (κ2) is 5.97. The largest absolute Gasteiger partial charge is 0.497 e. The smallest absolute Gasteiger partial charge is 0.256 e. The molecular formula is C14H15N3O2. The van der Waals surface area contributed by atoms with Crippen LogP contribution in [0.3, 0.4) is 0 Å². The van der Waals surface area contributed by atoms with Crippen LogP contribution in [-0.4, -0.2) is 18.0 Å². The molecule has 3 N–H and O–H groups in total. The molecule has 1 amide bonds. The third-order valence-corrected chi connectivity index (χ3v) is 2.59. The molecule has 1 aromatic carbocycles. The summed E-state index contributed by atoms with van der Waals surface area (Å²) in [5.41, 5.74) is 6.75. The van der Waals surface area contributed by atoms with Gasteiger partial charge in [-0.15, -0.1) is 0 Å². The summed E-state index contributed by atoms with van der Waals surface area (Å²) in [7, 11) is 1.56. The first-order valence-corrected chi connectivity index (χ1v) is 5.84. The van der Waals surface area contributed by atoms with Crippen LogP contribution in [0.1, 0.15) is 16.1 Å². The highest BCUT2D eigenvalue weighted by Crippen LogP contribution is 2.14. The van der Waals surface area contributed by atoms with Crippen molar-refractivity contribution in [1.82, 2.24) is 4.98 Å². The molecule has 0 saturated heterocycles. The van der Waals surface area contributed by atoms with Crippen molar-refractivity contribution < 1.29 is 9.53 Å². The molecule has 98 valence electrons. The molecule has 0 spiro atoms. The molecule has 19 heavy (non-hydrogen) atoms. The van der Waals surface area contributed by atoms with E-state index in [1.54, 1.807) is 49.6 Å². The molecular weight excluding hydrogens is 242 g/mol. The molecule has 0 fully saturated rings. The number of nitrogens with two attached hydrogens (primary N) is 1. The number of rotatable bonds is 4. The highest BCUT2D eigenvalue weighted by Gasteiger charge is 2.07. The lowest BCUT2D eigenvalue weighted by molar-refractivity contribution is 0.102. The van der Waals surface area contributed by atoms with E-state index in [0.717, 1.165) is 5.69 Å². The third-order valence-electron chi connectivity index (χ3n) is 2.59. The van der Waals surface area contributed by atoms with E-state index in [1.807, 2.05) is 0 Å². The van der Waals surface area contributed by atoms with Gasteiger partial charge in [-0.1, -0.05) is 12.1 Å². The number of benzene rings is 1. The number of nitrogens with zero attached hydrogens (tertiary/aromatic N) is 1. The van der Waals surface area contributed by atoms with Gasteiger partial charge in [0.1, 0.15) is 11.6 Å². The lowest BCUT2D eigenvalue weighted by Crippen LogP contribution is -2.13. The number of methoxy groups -OCH3 is 1. The second-order valence-electron chi connectivity index (χ2n) is 3.90. The molecule has 0 aliphatic rings. The number of ether oxygens (including phenoxy) is 1. The number of aromatic nitrogens is 1. The third kappa shape index (κ3) is 3.29. The van der Waals surface area contributed by atoms with Gasteiger partial charge >= 0.3 is 0 Å². The van der Waals surface area contributed by atoms with E-state index in [-0.39, 0.29) is 5.91 Å². The van der Waals surface area contributed by atoms with Crippen molar-refractivity contribution in [3.8, 4) is 5.75 Å². The molecule has 1 heterocycles. The van der Waals surface area contributed by atoms with Gasteiger partial charge in [-0.05, 0) is 30.3 Å². The van der Waals surface area contributed by atoms with Gasteiger partial charge < -0.3 is 15.8 Å². The normalized spacial score (nSPS) is 10.0. The Bertz CT molecular complexity index is 584. The number of carbonyl (C=O) groups is 1. The summed E-state index contributed by atoms with van der Waals surface area (Å²) in [4.78, 5) is 16.3. The first-order valence-electron chi connectivity index (χ1n) is 5.84. The first kappa shape index (κ1) is 13.0. The van der Waals surface area contributed by atoms with Gasteiger partial charge in [-0.3, -0.25) is 4.79 Å². The fourth-order valence-corrected chi connectivity index (χ4v) is 1.62. The standard InChI is InChI=1S/C14H15N3O2/c1-19-12-6-2-4-10(8-12)14(18)17-13-7-3-5-11(9-15)16-13/h2-8H,9,15H2,1H3,(H,16,17,18). The number of carbonyl (C=O) groups excluding carboxylic acids is 1. The lowest BCUT2D eigenvalue weighted by Gasteiger charge is -2.07. The van der Waals surface area contributed by atoms with Gasteiger partial charge in [0.2, 0.25) is 0 Å². The van der Waals surface area contributed by atoms with Gasteiger partial charge in [0.25, 0.3) is 5.91 Å². The maximum absolute atomic E-state index is 12.0. The average molecular weight is 257 g/mol. The number of hydrogen-bond donors (Lipinski definition) is 2. The Hall–Kier alpha value is -2.40. The molecule has 0 aliphatic carbocycles. The van der Waals surface area contributed by atoms with Crippen molar-refractivity contribution >= 4 is 11.7 Å². The maximum atomic E-state index is 12.0. The molecule has 1 aromatic heterocycles. The zero-order chi connectivity index (χ0) is 13.7. The van der Waals surface area contributed by atoms with E-state index < -0.39 is 0 Å². The Morgan fingerprint density at radius 1 is 1.32 bits per heavy atom. The van der Waals surface area contributed by atoms with Crippen molar-refractivity contribution in [2.75, 3.05) is 12.4 Å². The van der Waals surface area contributed by atoms with E-state index in [0.29, 0.717) is 23.7 Å². The highest BCUT2D eigenvalue weighted by atomic mass is 16.5. The van der Waals surface area contributed by atoms with Gasteiger partial charge in [-0.25, -0.2) is 4.98 Å². The minimum Gasteiger partial charge on any atom is -0.497 e. The first-order chi connectivity index (χ1) is 9.22. The maximum Gasteiger partial charge on any atom is 0.256 e. The number of pyridine rings is 1. The Morgan fingerprint density at radius 2 is 2.11 bits per heavy atom. The molecule has 0 radical (unpaired) electrons. The van der Waals surface area contributed by atoms with E-state index >= 15 is 0 Å². The number of anilines is 1. The molecule has 0 bridgehead atoms. The summed E-state index contributed by atoms with van der Waals surface area (Å²) in [5, 5.41) is 2.72. The van der Waals surface area contributed by atoms with Gasteiger partial charge in [0, 0.05) is 12.1 Å². The lowest BCUT2D eigenvalue weighted by atomic mass is 10.2. The van der Waals surface area contributed by atoms with Crippen molar-refractivity contribution in [2.24, 2.45) is 5.73 Å². The van der Waals surface area contributed by atoms with Crippen molar-refractivity contribution in [3.63, 3.8) is 0 Å². The van der Waals surface area contributed by atoms with Crippen LogP contribution < -0.4 is 15.8 Å². The van der Waals surface area contributed by atoms with Gasteiger partial charge in [-0.2, -0.15) is 0 Å². The summed E-state index contributed by atoms with van der Waals surface area (Å²) in [6.45, 7) is 0.336. The van der Waals surface area contributed by atoms with Crippen LogP contribution >= 0.6 is 0 Å². The van der Waals surface area contributed by atoms with Crippen molar-refractivity contribution in [2.45, 2.75) is 6.54 Å². The topological polar surface area (TPSA) is 77.2 Å². The summed E-state index contributed by atoms with van der Waals surface area (Å²) < 4.78 is 5.08. The average Bonchev–Trinajstić information content (AvgIpc) is 2.47. The monoisotopic (exact) mass is 257 g/mol. The van der Waals surface area contributed by atoms with Gasteiger partial charge in [0.05, 0.1) is 12.8 Å². The van der Waals surface area contributed by atoms with E-state index in [2.05, 4.69) is 10.3 Å². The summed E-state index contributed by atoms with van der Waals surface area (Å²) in [6.07, 6.45) is 0.